The number of fused-ring (bicyclic) bond motifs is 3. The summed E-state index contributed by atoms with van der Waals surface area (Å²) in [5, 5.41) is 13.1. The smallest absolute Gasteiger partial charge is 0.254 e. The van der Waals surface area contributed by atoms with E-state index < -0.39 is 0 Å². The molecule has 2 aliphatic heterocycles. The molecule has 1 fully saturated rings. The standard InChI is InChI=1S/C18H17FN2O2/c19-12-7-5-11(6-8-12)18(23)21-15-9-20-14-4-2-1-3-13(14)17(15)16(21)10-22/h1-8,15-17,20,22H,9-10H2/t15-,16-,17+/m1/s1. The molecular formula is C18H17FN2O2. The fraction of sp³-hybridized carbons (Fsp3) is 0.278. The zero-order valence-corrected chi connectivity index (χ0v) is 12.4. The van der Waals surface area contributed by atoms with Crippen LogP contribution >= 0.6 is 0 Å². The average Bonchev–Trinajstić information content (AvgIpc) is 2.56. The third kappa shape index (κ3) is 2.11. The van der Waals surface area contributed by atoms with Gasteiger partial charge in [-0.25, -0.2) is 4.39 Å². The molecule has 0 spiro atoms. The number of carbonyl (C=O) groups is 1. The Balaban J connectivity index is 1.65. The van der Waals surface area contributed by atoms with E-state index in [4.69, 9.17) is 0 Å². The van der Waals surface area contributed by atoms with Gasteiger partial charge in [-0.15, -0.1) is 0 Å². The summed E-state index contributed by atoms with van der Waals surface area (Å²) < 4.78 is 13.0. The van der Waals surface area contributed by atoms with Gasteiger partial charge in [0.2, 0.25) is 0 Å². The molecule has 2 aromatic rings. The highest BCUT2D eigenvalue weighted by atomic mass is 19.1. The Hall–Kier alpha value is -2.40. The number of hydrogen-bond acceptors (Lipinski definition) is 3. The van der Waals surface area contributed by atoms with Crippen LogP contribution in [0.15, 0.2) is 48.5 Å². The zero-order valence-electron chi connectivity index (χ0n) is 12.4. The largest absolute Gasteiger partial charge is 0.394 e. The average molecular weight is 312 g/mol. The molecule has 2 N–H and O–H groups in total. The van der Waals surface area contributed by atoms with Crippen LogP contribution < -0.4 is 5.32 Å². The maximum atomic E-state index is 13.0. The maximum absolute atomic E-state index is 13.0. The van der Waals surface area contributed by atoms with Crippen molar-refractivity contribution in [3.8, 4) is 0 Å². The predicted molar refractivity (Wildman–Crippen MR) is 84.9 cm³/mol. The van der Waals surface area contributed by atoms with Crippen molar-refractivity contribution in [2.24, 2.45) is 0 Å². The third-order valence-electron chi connectivity index (χ3n) is 4.88. The summed E-state index contributed by atoms with van der Waals surface area (Å²) >= 11 is 0. The molecule has 2 heterocycles. The van der Waals surface area contributed by atoms with E-state index in [0.717, 1.165) is 11.3 Å². The molecule has 1 saturated heterocycles. The van der Waals surface area contributed by atoms with E-state index in [1.165, 1.54) is 24.3 Å². The van der Waals surface area contributed by atoms with E-state index in [1.807, 2.05) is 24.3 Å². The van der Waals surface area contributed by atoms with E-state index in [-0.39, 0.29) is 36.3 Å². The number of nitrogens with zero attached hydrogens (tertiary/aromatic N) is 1. The van der Waals surface area contributed by atoms with Gasteiger partial charge in [0.05, 0.1) is 18.7 Å². The van der Waals surface area contributed by atoms with Crippen molar-refractivity contribution in [3.05, 3.63) is 65.5 Å². The van der Waals surface area contributed by atoms with E-state index in [1.54, 1.807) is 4.90 Å². The van der Waals surface area contributed by atoms with E-state index in [9.17, 15) is 14.3 Å². The van der Waals surface area contributed by atoms with Crippen molar-refractivity contribution in [2.45, 2.75) is 18.0 Å². The van der Waals surface area contributed by atoms with Gasteiger partial charge in [0.15, 0.2) is 0 Å². The van der Waals surface area contributed by atoms with Crippen molar-refractivity contribution in [1.82, 2.24) is 4.90 Å². The van der Waals surface area contributed by atoms with E-state index >= 15 is 0 Å². The lowest BCUT2D eigenvalue weighted by molar-refractivity contribution is -0.0221. The van der Waals surface area contributed by atoms with Crippen molar-refractivity contribution in [3.63, 3.8) is 0 Å². The number of aliphatic hydroxyl groups is 1. The maximum Gasteiger partial charge on any atom is 0.254 e. The highest BCUT2D eigenvalue weighted by Gasteiger charge is 2.53. The minimum atomic E-state index is -0.366. The summed E-state index contributed by atoms with van der Waals surface area (Å²) in [5.41, 5.74) is 2.66. The molecule has 3 atom stereocenters. The van der Waals surface area contributed by atoms with Gasteiger partial charge >= 0.3 is 0 Å². The lowest BCUT2D eigenvalue weighted by atomic mass is 9.72. The molecule has 0 bridgehead atoms. The second-order valence-electron chi connectivity index (χ2n) is 6.03. The first-order chi connectivity index (χ1) is 11.2. The van der Waals surface area contributed by atoms with Crippen LogP contribution in [0.2, 0.25) is 0 Å². The number of carbonyl (C=O) groups excluding carboxylic acids is 1. The van der Waals surface area contributed by atoms with E-state index in [0.29, 0.717) is 12.1 Å². The van der Waals surface area contributed by atoms with Crippen molar-refractivity contribution < 1.29 is 14.3 Å². The van der Waals surface area contributed by atoms with Crippen LogP contribution in [-0.4, -0.2) is 41.1 Å². The Bertz CT molecular complexity index is 747. The number of likely N-dealkylation sites (tertiary alicyclic amines) is 1. The Labute approximate surface area is 133 Å². The molecule has 2 aliphatic rings. The SMILES string of the molecule is O=C(c1ccc(F)cc1)N1[C@H](CO)[C@H]2c3ccccc3NC[C@H]21. The molecule has 1 amide bonds. The van der Waals surface area contributed by atoms with Crippen LogP contribution in [0.3, 0.4) is 0 Å². The molecular weight excluding hydrogens is 295 g/mol. The van der Waals surface area contributed by atoms with Gasteiger partial charge < -0.3 is 15.3 Å². The second kappa shape index (κ2) is 5.35. The summed E-state index contributed by atoms with van der Waals surface area (Å²) in [6, 6.07) is 13.3. The van der Waals surface area contributed by atoms with Crippen LogP contribution in [0.4, 0.5) is 10.1 Å². The monoisotopic (exact) mass is 312 g/mol. The number of aliphatic hydroxyl groups excluding tert-OH is 1. The van der Waals surface area contributed by atoms with Crippen LogP contribution in [0.1, 0.15) is 21.8 Å². The molecule has 2 aromatic carbocycles. The topological polar surface area (TPSA) is 52.6 Å². The Kier molecular flexibility index (Phi) is 3.31. The number of benzene rings is 2. The first-order valence-electron chi connectivity index (χ1n) is 7.72. The molecule has 5 heteroatoms. The number of para-hydroxylation sites is 1. The molecule has 23 heavy (non-hydrogen) atoms. The van der Waals surface area contributed by atoms with Gasteiger partial charge in [0.25, 0.3) is 5.91 Å². The molecule has 0 unspecified atom stereocenters. The summed E-state index contributed by atoms with van der Waals surface area (Å²) in [6.07, 6.45) is 0. The molecule has 0 saturated carbocycles. The molecule has 4 rings (SSSR count). The first kappa shape index (κ1) is 14.2. The second-order valence-corrected chi connectivity index (χ2v) is 6.03. The number of halogens is 1. The Morgan fingerprint density at radius 2 is 1.96 bits per heavy atom. The van der Waals surface area contributed by atoms with Gasteiger partial charge in [-0.3, -0.25) is 4.79 Å². The Morgan fingerprint density at radius 1 is 1.22 bits per heavy atom. The number of rotatable bonds is 2. The molecule has 0 radical (unpaired) electrons. The van der Waals surface area contributed by atoms with Crippen LogP contribution in [0.5, 0.6) is 0 Å². The minimum absolute atomic E-state index is 0.0135. The van der Waals surface area contributed by atoms with Gasteiger partial charge in [0.1, 0.15) is 5.82 Å². The molecule has 0 aromatic heterocycles. The van der Waals surface area contributed by atoms with Crippen LogP contribution in [-0.2, 0) is 0 Å². The summed E-state index contributed by atoms with van der Waals surface area (Å²) in [4.78, 5) is 14.5. The van der Waals surface area contributed by atoms with Gasteiger partial charge in [-0.05, 0) is 35.9 Å². The van der Waals surface area contributed by atoms with Gasteiger partial charge in [-0.1, -0.05) is 18.2 Å². The molecule has 4 nitrogen and oxygen atoms in total. The molecule has 0 aliphatic carbocycles. The number of hydrogen-bond donors (Lipinski definition) is 2. The third-order valence-corrected chi connectivity index (χ3v) is 4.88. The minimum Gasteiger partial charge on any atom is -0.394 e. The van der Waals surface area contributed by atoms with Crippen LogP contribution in [0, 0.1) is 5.82 Å². The summed E-state index contributed by atoms with van der Waals surface area (Å²) in [5.74, 6) is -0.386. The highest BCUT2D eigenvalue weighted by molar-refractivity contribution is 5.95. The van der Waals surface area contributed by atoms with Crippen molar-refractivity contribution in [1.29, 1.82) is 0 Å². The number of anilines is 1. The quantitative estimate of drug-likeness (QED) is 0.894. The zero-order chi connectivity index (χ0) is 16.0. The van der Waals surface area contributed by atoms with Gasteiger partial charge in [0, 0.05) is 23.7 Å². The summed E-state index contributed by atoms with van der Waals surface area (Å²) in [6.45, 7) is 0.577. The van der Waals surface area contributed by atoms with Crippen molar-refractivity contribution in [2.75, 3.05) is 18.5 Å². The Morgan fingerprint density at radius 3 is 2.70 bits per heavy atom. The fourth-order valence-electron chi connectivity index (χ4n) is 3.79. The lowest BCUT2D eigenvalue weighted by Gasteiger charge is -2.57. The van der Waals surface area contributed by atoms with E-state index in [2.05, 4.69) is 5.32 Å². The normalized spacial score (nSPS) is 25.0. The molecule has 118 valence electrons. The highest BCUT2D eigenvalue weighted by Crippen LogP contribution is 2.46. The predicted octanol–water partition coefficient (Wildman–Crippen LogP) is 2.22. The fourth-order valence-corrected chi connectivity index (χ4v) is 3.79. The number of nitrogens with one attached hydrogen (secondary N) is 1. The summed E-state index contributed by atoms with van der Waals surface area (Å²) in [7, 11) is 0. The first-order valence-corrected chi connectivity index (χ1v) is 7.72. The number of amides is 1. The van der Waals surface area contributed by atoms with Gasteiger partial charge in [-0.2, -0.15) is 0 Å². The van der Waals surface area contributed by atoms with Crippen LogP contribution in [0.25, 0.3) is 0 Å². The lowest BCUT2D eigenvalue weighted by Crippen LogP contribution is -2.69. The van der Waals surface area contributed by atoms with Crippen molar-refractivity contribution >= 4 is 11.6 Å².